The van der Waals surface area contributed by atoms with Gasteiger partial charge in [-0.05, 0) is 42.3 Å². The van der Waals surface area contributed by atoms with Crippen molar-refractivity contribution in [2.45, 2.75) is 6.42 Å². The Morgan fingerprint density at radius 1 is 1.20 bits per heavy atom. The largest absolute Gasteiger partial charge is 0.495 e. The molecule has 6 nitrogen and oxygen atoms in total. The monoisotopic (exact) mass is 361 g/mol. The Morgan fingerprint density at radius 3 is 2.76 bits per heavy atom. The van der Waals surface area contributed by atoms with Crippen LogP contribution in [0.3, 0.4) is 0 Å². The number of nitrogens with two attached hydrogens (primary N) is 1. The molecular formula is C18H20ClN3O3. The Balaban J connectivity index is 1.56. The van der Waals surface area contributed by atoms with E-state index in [1.807, 2.05) is 24.3 Å². The highest BCUT2D eigenvalue weighted by molar-refractivity contribution is 6.32. The molecule has 1 aliphatic rings. The van der Waals surface area contributed by atoms with Gasteiger partial charge in [0.05, 0.1) is 12.1 Å². The Kier molecular flexibility index (Phi) is 5.50. The van der Waals surface area contributed by atoms with Crippen LogP contribution in [-0.4, -0.2) is 32.8 Å². The highest BCUT2D eigenvalue weighted by Crippen LogP contribution is 2.31. The third-order valence-electron chi connectivity index (χ3n) is 3.71. The van der Waals surface area contributed by atoms with Crippen molar-refractivity contribution in [2.75, 3.05) is 32.2 Å². The van der Waals surface area contributed by atoms with Gasteiger partial charge in [0.2, 0.25) is 0 Å². The maximum Gasteiger partial charge on any atom is 0.193 e. The van der Waals surface area contributed by atoms with Gasteiger partial charge in [0.25, 0.3) is 0 Å². The summed E-state index contributed by atoms with van der Waals surface area (Å²) >= 11 is 6.09. The predicted octanol–water partition coefficient (Wildman–Crippen LogP) is 3.09. The van der Waals surface area contributed by atoms with E-state index in [2.05, 4.69) is 10.3 Å². The minimum atomic E-state index is 0.332. The Morgan fingerprint density at radius 2 is 2.00 bits per heavy atom. The summed E-state index contributed by atoms with van der Waals surface area (Å²) in [5, 5.41) is 3.52. The quantitative estimate of drug-likeness (QED) is 0.632. The molecule has 0 saturated carbocycles. The van der Waals surface area contributed by atoms with Crippen LogP contribution in [0.1, 0.15) is 5.56 Å². The minimum Gasteiger partial charge on any atom is -0.495 e. The molecule has 3 rings (SSSR count). The molecule has 2 aromatic carbocycles. The van der Waals surface area contributed by atoms with Gasteiger partial charge >= 0.3 is 0 Å². The normalized spacial score (nSPS) is 13.4. The first kappa shape index (κ1) is 17.2. The molecule has 0 saturated heterocycles. The van der Waals surface area contributed by atoms with Gasteiger partial charge in [-0.15, -0.1) is 0 Å². The van der Waals surface area contributed by atoms with Crippen LogP contribution in [0.4, 0.5) is 5.69 Å². The van der Waals surface area contributed by atoms with E-state index >= 15 is 0 Å². The molecule has 3 N–H and O–H groups in total. The molecule has 7 heteroatoms. The van der Waals surface area contributed by atoms with Gasteiger partial charge in [0.15, 0.2) is 17.5 Å². The Hall–Kier alpha value is -2.60. The summed E-state index contributed by atoms with van der Waals surface area (Å²) in [4.78, 5) is 4.34. The molecule has 0 amide bonds. The standard InChI is InChI=1S/C18H20ClN3O3/c1-23-15-5-3-13(11-14(15)19)22-18(20)21-7-6-12-2-4-16-17(10-12)25-9-8-24-16/h2-5,10-11H,6-9H2,1H3,(H3,20,21,22). The van der Waals surface area contributed by atoms with Crippen molar-refractivity contribution in [3.63, 3.8) is 0 Å². The number of guanidine groups is 1. The summed E-state index contributed by atoms with van der Waals surface area (Å²) in [6.45, 7) is 1.73. The van der Waals surface area contributed by atoms with Gasteiger partial charge in [0.1, 0.15) is 19.0 Å². The van der Waals surface area contributed by atoms with Crippen LogP contribution in [0.15, 0.2) is 41.4 Å². The maximum atomic E-state index is 6.09. The zero-order chi connectivity index (χ0) is 17.6. The number of nitrogens with zero attached hydrogens (tertiary/aromatic N) is 1. The van der Waals surface area contributed by atoms with Crippen LogP contribution in [0.25, 0.3) is 0 Å². The summed E-state index contributed by atoms with van der Waals surface area (Å²) in [5.41, 5.74) is 7.80. The fourth-order valence-corrected chi connectivity index (χ4v) is 2.74. The van der Waals surface area contributed by atoms with Crippen LogP contribution in [0, 0.1) is 0 Å². The first-order valence-corrected chi connectivity index (χ1v) is 8.32. The zero-order valence-corrected chi connectivity index (χ0v) is 14.7. The lowest BCUT2D eigenvalue weighted by Crippen LogP contribution is -2.23. The predicted molar refractivity (Wildman–Crippen MR) is 99.3 cm³/mol. The number of benzene rings is 2. The van der Waals surface area contributed by atoms with Crippen molar-refractivity contribution in [1.82, 2.24) is 0 Å². The highest BCUT2D eigenvalue weighted by atomic mass is 35.5. The lowest BCUT2D eigenvalue weighted by atomic mass is 10.1. The number of fused-ring (bicyclic) bond motifs is 1. The average molecular weight is 362 g/mol. The number of aliphatic imine (C=N–C) groups is 1. The molecule has 0 atom stereocenters. The number of hydrogen-bond donors (Lipinski definition) is 2. The fourth-order valence-electron chi connectivity index (χ4n) is 2.48. The first-order chi connectivity index (χ1) is 12.2. The second-order valence-electron chi connectivity index (χ2n) is 5.47. The number of methoxy groups -OCH3 is 1. The summed E-state index contributed by atoms with van der Waals surface area (Å²) in [6, 6.07) is 11.3. The first-order valence-electron chi connectivity index (χ1n) is 7.95. The molecule has 25 heavy (non-hydrogen) atoms. The highest BCUT2D eigenvalue weighted by Gasteiger charge is 2.11. The van der Waals surface area contributed by atoms with E-state index in [1.165, 1.54) is 0 Å². The molecule has 0 radical (unpaired) electrons. The average Bonchev–Trinajstić information content (AvgIpc) is 2.62. The molecule has 0 aromatic heterocycles. The van der Waals surface area contributed by atoms with Crippen molar-refractivity contribution >= 4 is 23.2 Å². The Bertz CT molecular complexity index is 780. The summed E-state index contributed by atoms with van der Waals surface area (Å²) in [7, 11) is 1.57. The van der Waals surface area contributed by atoms with Crippen LogP contribution in [0.2, 0.25) is 5.02 Å². The SMILES string of the molecule is COc1ccc(NC(N)=NCCc2ccc3c(c2)OCCO3)cc1Cl. The molecule has 2 aromatic rings. The number of rotatable bonds is 5. The Labute approximate surface area is 151 Å². The van der Waals surface area contributed by atoms with E-state index in [1.54, 1.807) is 19.2 Å². The number of halogens is 1. The molecule has 0 aliphatic carbocycles. The molecular weight excluding hydrogens is 342 g/mol. The van der Waals surface area contributed by atoms with Gasteiger partial charge in [-0.3, -0.25) is 4.99 Å². The third-order valence-corrected chi connectivity index (χ3v) is 4.01. The van der Waals surface area contributed by atoms with Gasteiger partial charge in [0, 0.05) is 12.2 Å². The second kappa shape index (κ2) is 7.98. The van der Waals surface area contributed by atoms with Crippen LogP contribution in [0.5, 0.6) is 17.2 Å². The summed E-state index contributed by atoms with van der Waals surface area (Å²) in [5.74, 6) is 2.52. The zero-order valence-electron chi connectivity index (χ0n) is 13.9. The molecule has 0 fully saturated rings. The van der Waals surface area contributed by atoms with E-state index in [-0.39, 0.29) is 0 Å². The van der Waals surface area contributed by atoms with Crippen LogP contribution in [-0.2, 0) is 6.42 Å². The van der Waals surface area contributed by atoms with Crippen molar-refractivity contribution in [3.05, 3.63) is 47.0 Å². The van der Waals surface area contributed by atoms with E-state index in [0.717, 1.165) is 29.2 Å². The molecule has 0 bridgehead atoms. The van der Waals surface area contributed by atoms with Crippen molar-refractivity contribution < 1.29 is 14.2 Å². The molecule has 1 heterocycles. The second-order valence-corrected chi connectivity index (χ2v) is 5.88. The maximum absolute atomic E-state index is 6.09. The van der Waals surface area contributed by atoms with Gasteiger partial charge < -0.3 is 25.3 Å². The van der Waals surface area contributed by atoms with Gasteiger partial charge in [-0.25, -0.2) is 0 Å². The number of anilines is 1. The smallest absolute Gasteiger partial charge is 0.193 e. The number of nitrogens with one attached hydrogen (secondary N) is 1. The van der Waals surface area contributed by atoms with E-state index in [9.17, 15) is 0 Å². The van der Waals surface area contributed by atoms with Crippen molar-refractivity contribution in [1.29, 1.82) is 0 Å². The van der Waals surface area contributed by atoms with E-state index in [4.69, 9.17) is 31.5 Å². The summed E-state index contributed by atoms with van der Waals surface area (Å²) in [6.07, 6.45) is 0.752. The molecule has 132 valence electrons. The molecule has 1 aliphatic heterocycles. The topological polar surface area (TPSA) is 78.1 Å². The third kappa shape index (κ3) is 4.48. The van der Waals surface area contributed by atoms with Crippen LogP contribution < -0.4 is 25.3 Å². The number of hydrogen-bond acceptors (Lipinski definition) is 4. The van der Waals surface area contributed by atoms with Crippen LogP contribution >= 0.6 is 11.6 Å². The van der Waals surface area contributed by atoms with E-state index in [0.29, 0.717) is 36.5 Å². The van der Waals surface area contributed by atoms with Gasteiger partial charge in [-0.1, -0.05) is 17.7 Å². The molecule has 0 spiro atoms. The van der Waals surface area contributed by atoms with E-state index < -0.39 is 0 Å². The lowest BCUT2D eigenvalue weighted by molar-refractivity contribution is 0.171. The summed E-state index contributed by atoms with van der Waals surface area (Å²) < 4.78 is 16.2. The fraction of sp³-hybridized carbons (Fsp3) is 0.278. The lowest BCUT2D eigenvalue weighted by Gasteiger charge is -2.18. The van der Waals surface area contributed by atoms with Crippen molar-refractivity contribution in [3.8, 4) is 17.2 Å². The van der Waals surface area contributed by atoms with Gasteiger partial charge in [-0.2, -0.15) is 0 Å². The molecule has 0 unspecified atom stereocenters. The number of ether oxygens (including phenoxy) is 3. The minimum absolute atomic E-state index is 0.332. The van der Waals surface area contributed by atoms with Crippen molar-refractivity contribution in [2.24, 2.45) is 10.7 Å².